The van der Waals surface area contributed by atoms with Crippen LogP contribution in [0.3, 0.4) is 0 Å². The van der Waals surface area contributed by atoms with Gasteiger partial charge >= 0.3 is 0 Å². The third kappa shape index (κ3) is 1.55. The highest BCUT2D eigenvalue weighted by Crippen LogP contribution is 2.45. The largest absolute Gasteiger partial charge is 0.296 e. The van der Waals surface area contributed by atoms with Gasteiger partial charge in [-0.2, -0.15) is 0 Å². The van der Waals surface area contributed by atoms with Gasteiger partial charge < -0.3 is 0 Å². The molecule has 0 saturated carbocycles. The molecule has 0 atom stereocenters. The predicted molar refractivity (Wildman–Crippen MR) is 58.8 cm³/mol. The maximum absolute atomic E-state index is 13.1. The van der Waals surface area contributed by atoms with Crippen molar-refractivity contribution in [1.29, 1.82) is 0 Å². The summed E-state index contributed by atoms with van der Waals surface area (Å²) in [6.45, 7) is 0. The highest BCUT2D eigenvalue weighted by Gasteiger charge is 2.45. The summed E-state index contributed by atoms with van der Waals surface area (Å²) in [6.07, 6.45) is 2.16. The van der Waals surface area contributed by atoms with Crippen molar-refractivity contribution < 1.29 is 14.0 Å². The van der Waals surface area contributed by atoms with Crippen LogP contribution in [-0.4, -0.2) is 11.8 Å². The first-order valence-electron chi connectivity index (χ1n) is 5.71. The van der Waals surface area contributed by atoms with Crippen molar-refractivity contribution in [2.24, 2.45) is 0 Å². The van der Waals surface area contributed by atoms with Crippen LogP contribution in [0.4, 0.5) is 4.39 Å². The Morgan fingerprint density at radius 3 is 2.59 bits per heavy atom. The van der Waals surface area contributed by atoms with E-state index >= 15 is 0 Å². The number of benzene rings is 1. The van der Waals surface area contributed by atoms with Gasteiger partial charge in [0.25, 0.3) is 0 Å². The number of hydrogen-bond acceptors (Lipinski definition) is 2. The normalized spacial score (nSPS) is 21.5. The van der Waals surface area contributed by atoms with Crippen molar-refractivity contribution in [2.45, 2.75) is 31.1 Å². The average Bonchev–Trinajstić information content (AvgIpc) is 2.55. The van der Waals surface area contributed by atoms with E-state index in [2.05, 4.69) is 5.32 Å². The molecule has 2 amide bonds. The number of nitrogens with one attached hydrogen (secondary N) is 1. The minimum atomic E-state index is -0.386. The van der Waals surface area contributed by atoms with Crippen LogP contribution in [0.25, 0.3) is 0 Å². The minimum Gasteiger partial charge on any atom is -0.296 e. The molecule has 1 aromatic carbocycles. The number of fused-ring (bicyclic) bond motifs is 2. The number of rotatable bonds is 0. The Balaban J connectivity index is 2.07. The van der Waals surface area contributed by atoms with Gasteiger partial charge in [0, 0.05) is 18.3 Å². The number of piperidine rings is 1. The number of carbonyl (C=O) groups excluding carboxylic acids is 2. The number of hydrogen-bond donors (Lipinski definition) is 1. The molecule has 3 nitrogen and oxygen atoms in total. The van der Waals surface area contributed by atoms with Gasteiger partial charge in [-0.05, 0) is 36.1 Å². The molecule has 4 heteroatoms. The Labute approximate surface area is 98.0 Å². The van der Waals surface area contributed by atoms with E-state index in [1.165, 1.54) is 12.1 Å². The van der Waals surface area contributed by atoms with E-state index in [9.17, 15) is 14.0 Å². The van der Waals surface area contributed by atoms with E-state index in [1.54, 1.807) is 6.07 Å². The second-order valence-electron chi connectivity index (χ2n) is 4.91. The van der Waals surface area contributed by atoms with E-state index in [-0.39, 0.29) is 23.0 Å². The minimum absolute atomic E-state index is 0.224. The molecule has 1 N–H and O–H groups in total. The lowest BCUT2D eigenvalue weighted by atomic mass is 9.74. The van der Waals surface area contributed by atoms with Crippen LogP contribution in [-0.2, 0) is 21.4 Å². The number of carbonyl (C=O) groups is 2. The second kappa shape index (κ2) is 3.39. The summed E-state index contributed by atoms with van der Waals surface area (Å²) in [4.78, 5) is 23.0. The Hall–Kier alpha value is -1.71. The van der Waals surface area contributed by atoms with Crippen molar-refractivity contribution in [2.75, 3.05) is 0 Å². The van der Waals surface area contributed by atoms with Crippen LogP contribution < -0.4 is 5.32 Å². The van der Waals surface area contributed by atoms with Crippen LogP contribution in [0.2, 0.25) is 0 Å². The lowest BCUT2D eigenvalue weighted by Crippen LogP contribution is -2.46. The standard InChI is InChI=1S/C13H12FNO2/c14-9-1-2-10-8(5-9)3-4-13(10)6-11(16)15-12(17)7-13/h1-2,5H,3-4,6-7H2,(H,15,16,17). The van der Waals surface area contributed by atoms with Gasteiger partial charge in [0.15, 0.2) is 0 Å². The van der Waals surface area contributed by atoms with E-state index in [4.69, 9.17) is 0 Å². The fourth-order valence-corrected chi connectivity index (χ4v) is 3.08. The summed E-state index contributed by atoms with van der Waals surface area (Å²) in [5, 5.41) is 2.32. The number of amides is 2. The van der Waals surface area contributed by atoms with Gasteiger partial charge in [0.2, 0.25) is 11.8 Å². The Kier molecular flexibility index (Phi) is 2.08. The topological polar surface area (TPSA) is 46.2 Å². The maximum Gasteiger partial charge on any atom is 0.227 e. The molecular formula is C13H12FNO2. The molecule has 0 radical (unpaired) electrons. The molecule has 1 fully saturated rings. The zero-order chi connectivity index (χ0) is 12.0. The van der Waals surface area contributed by atoms with Crippen LogP contribution in [0, 0.1) is 5.82 Å². The van der Waals surface area contributed by atoms with Gasteiger partial charge in [0.1, 0.15) is 5.82 Å². The summed E-state index contributed by atoms with van der Waals surface area (Å²) >= 11 is 0. The Morgan fingerprint density at radius 1 is 1.18 bits per heavy atom. The molecule has 0 aromatic heterocycles. The number of imide groups is 1. The van der Waals surface area contributed by atoms with Crippen molar-refractivity contribution in [1.82, 2.24) is 5.32 Å². The van der Waals surface area contributed by atoms with Crippen LogP contribution in [0.1, 0.15) is 30.4 Å². The lowest BCUT2D eigenvalue weighted by Gasteiger charge is -2.32. The van der Waals surface area contributed by atoms with E-state index in [1.807, 2.05) is 0 Å². The van der Waals surface area contributed by atoms with Gasteiger partial charge in [-0.3, -0.25) is 14.9 Å². The Bertz CT molecular complexity index is 508. The maximum atomic E-state index is 13.1. The molecular weight excluding hydrogens is 221 g/mol. The summed E-state index contributed by atoms with van der Waals surface area (Å²) < 4.78 is 13.1. The molecule has 17 heavy (non-hydrogen) atoms. The van der Waals surface area contributed by atoms with Crippen LogP contribution >= 0.6 is 0 Å². The zero-order valence-electron chi connectivity index (χ0n) is 9.25. The van der Waals surface area contributed by atoms with Crippen LogP contribution in [0.15, 0.2) is 18.2 Å². The molecule has 1 heterocycles. The smallest absolute Gasteiger partial charge is 0.227 e. The monoisotopic (exact) mass is 233 g/mol. The van der Waals surface area contributed by atoms with E-state index < -0.39 is 0 Å². The summed E-state index contributed by atoms with van der Waals surface area (Å²) in [6, 6.07) is 4.65. The quantitative estimate of drug-likeness (QED) is 0.689. The number of halogens is 1. The van der Waals surface area contributed by atoms with Gasteiger partial charge in [0.05, 0.1) is 0 Å². The molecule has 0 unspecified atom stereocenters. The molecule has 1 spiro atoms. The van der Waals surface area contributed by atoms with Gasteiger partial charge in [-0.1, -0.05) is 6.07 Å². The molecule has 1 aliphatic heterocycles. The van der Waals surface area contributed by atoms with Crippen molar-refractivity contribution in [3.63, 3.8) is 0 Å². The lowest BCUT2D eigenvalue weighted by molar-refractivity contribution is -0.135. The predicted octanol–water partition coefficient (Wildman–Crippen LogP) is 1.45. The first-order chi connectivity index (χ1) is 8.09. The second-order valence-corrected chi connectivity index (χ2v) is 4.91. The Morgan fingerprint density at radius 2 is 1.88 bits per heavy atom. The number of aryl methyl sites for hydroxylation is 1. The fraction of sp³-hybridized carbons (Fsp3) is 0.385. The first kappa shape index (κ1) is 10.4. The zero-order valence-corrected chi connectivity index (χ0v) is 9.25. The third-order valence-corrected chi connectivity index (χ3v) is 3.79. The molecule has 1 aromatic rings. The molecule has 2 aliphatic rings. The van der Waals surface area contributed by atoms with Crippen LogP contribution in [0.5, 0.6) is 0 Å². The molecule has 0 bridgehead atoms. The molecule has 1 aliphatic carbocycles. The average molecular weight is 233 g/mol. The highest BCUT2D eigenvalue weighted by molar-refractivity contribution is 5.99. The van der Waals surface area contributed by atoms with E-state index in [0.717, 1.165) is 24.0 Å². The molecule has 3 rings (SSSR count). The first-order valence-corrected chi connectivity index (χ1v) is 5.71. The highest BCUT2D eigenvalue weighted by atomic mass is 19.1. The summed E-state index contributed by atoms with van der Waals surface area (Å²) in [5.41, 5.74) is 1.53. The summed E-state index contributed by atoms with van der Waals surface area (Å²) in [7, 11) is 0. The fourth-order valence-electron chi connectivity index (χ4n) is 3.08. The van der Waals surface area contributed by atoms with Crippen molar-refractivity contribution >= 4 is 11.8 Å². The van der Waals surface area contributed by atoms with Crippen molar-refractivity contribution in [3.05, 3.63) is 35.1 Å². The summed E-state index contributed by atoms with van der Waals surface area (Å²) in [5.74, 6) is -0.704. The van der Waals surface area contributed by atoms with Gasteiger partial charge in [-0.25, -0.2) is 4.39 Å². The van der Waals surface area contributed by atoms with Crippen molar-refractivity contribution in [3.8, 4) is 0 Å². The SMILES string of the molecule is O=C1CC2(CCc3cc(F)ccc32)CC(=O)N1. The van der Waals surface area contributed by atoms with E-state index in [0.29, 0.717) is 12.8 Å². The molecule has 88 valence electrons. The molecule has 1 saturated heterocycles. The van der Waals surface area contributed by atoms with Gasteiger partial charge in [-0.15, -0.1) is 0 Å². The third-order valence-electron chi connectivity index (χ3n) is 3.79.